The maximum Gasteiger partial charge on any atom is 0.238 e. The molecule has 0 spiro atoms. The van der Waals surface area contributed by atoms with E-state index >= 15 is 0 Å². The zero-order chi connectivity index (χ0) is 17.0. The third-order valence-electron chi connectivity index (χ3n) is 4.89. The largest absolute Gasteiger partial charge is 0.352 e. The van der Waals surface area contributed by atoms with E-state index in [1.165, 1.54) is 6.92 Å². The van der Waals surface area contributed by atoms with E-state index in [1.807, 2.05) is 25.1 Å². The summed E-state index contributed by atoms with van der Waals surface area (Å²) in [5.41, 5.74) is 1.70. The number of nitrogens with one attached hydrogen (secondary N) is 1. The molecule has 1 N–H and O–H groups in total. The van der Waals surface area contributed by atoms with Gasteiger partial charge in [-0.2, -0.15) is 0 Å². The van der Waals surface area contributed by atoms with E-state index in [2.05, 4.69) is 12.2 Å². The van der Waals surface area contributed by atoms with Crippen molar-refractivity contribution in [3.8, 4) is 0 Å². The summed E-state index contributed by atoms with van der Waals surface area (Å²) in [6, 6.07) is 7.52. The quantitative estimate of drug-likeness (QED) is 0.898. The van der Waals surface area contributed by atoms with Crippen LogP contribution in [0.25, 0.3) is 0 Å². The normalized spacial score (nSPS) is 23.3. The molecule has 1 aromatic carbocycles. The van der Waals surface area contributed by atoms with Gasteiger partial charge in [-0.15, -0.1) is 0 Å². The number of amides is 1. The lowest BCUT2D eigenvalue weighted by molar-refractivity contribution is -0.121. The third-order valence-corrected chi connectivity index (χ3v) is 6.89. The van der Waals surface area contributed by atoms with Crippen LogP contribution in [0.4, 0.5) is 0 Å². The Hall–Kier alpha value is -1.36. The van der Waals surface area contributed by atoms with Gasteiger partial charge in [-0.25, -0.2) is 8.42 Å². The molecule has 0 heterocycles. The van der Waals surface area contributed by atoms with Gasteiger partial charge in [-0.1, -0.05) is 31.2 Å². The van der Waals surface area contributed by atoms with Crippen LogP contribution in [0.15, 0.2) is 24.3 Å². The maximum atomic E-state index is 12.5. The van der Waals surface area contributed by atoms with Crippen molar-refractivity contribution >= 4 is 15.7 Å². The lowest BCUT2D eigenvalue weighted by Crippen LogP contribution is -2.44. The van der Waals surface area contributed by atoms with Gasteiger partial charge in [0.25, 0.3) is 0 Å². The second-order valence-corrected chi connectivity index (χ2v) is 9.16. The molecule has 1 saturated carbocycles. The first-order valence-electron chi connectivity index (χ1n) is 8.36. The van der Waals surface area contributed by atoms with Crippen LogP contribution in [0, 0.1) is 12.8 Å². The zero-order valence-electron chi connectivity index (χ0n) is 14.2. The fourth-order valence-electron chi connectivity index (χ4n) is 3.00. The van der Waals surface area contributed by atoms with Crippen molar-refractivity contribution in [2.24, 2.45) is 5.92 Å². The first-order valence-corrected chi connectivity index (χ1v) is 10.1. The Morgan fingerprint density at radius 1 is 1.22 bits per heavy atom. The Labute approximate surface area is 139 Å². The fraction of sp³-hybridized carbons (Fsp3) is 0.611. The minimum atomic E-state index is -3.51. The number of hydrogen-bond donors (Lipinski definition) is 1. The van der Waals surface area contributed by atoms with Crippen molar-refractivity contribution in [1.29, 1.82) is 0 Å². The van der Waals surface area contributed by atoms with Crippen LogP contribution < -0.4 is 5.32 Å². The van der Waals surface area contributed by atoms with E-state index in [-0.39, 0.29) is 17.7 Å². The van der Waals surface area contributed by atoms with E-state index in [1.54, 1.807) is 6.07 Å². The summed E-state index contributed by atoms with van der Waals surface area (Å²) in [4.78, 5) is 12.3. The average Bonchev–Trinajstić information content (AvgIpc) is 2.51. The smallest absolute Gasteiger partial charge is 0.238 e. The van der Waals surface area contributed by atoms with Crippen LogP contribution in [0.3, 0.4) is 0 Å². The van der Waals surface area contributed by atoms with Crippen molar-refractivity contribution in [2.75, 3.05) is 0 Å². The summed E-state index contributed by atoms with van der Waals surface area (Å²) in [6.07, 6.45) is 4.07. The highest BCUT2D eigenvalue weighted by Gasteiger charge is 2.30. The highest BCUT2D eigenvalue weighted by atomic mass is 32.2. The van der Waals surface area contributed by atoms with Gasteiger partial charge in [0.2, 0.25) is 5.91 Å². The molecule has 0 bridgehead atoms. The van der Waals surface area contributed by atoms with Crippen LogP contribution in [-0.2, 0) is 20.4 Å². The molecule has 0 aromatic heterocycles. The monoisotopic (exact) mass is 337 g/mol. The van der Waals surface area contributed by atoms with E-state index in [0.717, 1.165) is 36.8 Å². The molecule has 23 heavy (non-hydrogen) atoms. The molecular formula is C18H27NO3S. The van der Waals surface area contributed by atoms with Gasteiger partial charge in [0, 0.05) is 6.04 Å². The Morgan fingerprint density at radius 2 is 1.83 bits per heavy atom. The van der Waals surface area contributed by atoms with Crippen molar-refractivity contribution in [3.63, 3.8) is 0 Å². The fourth-order valence-corrected chi connectivity index (χ4v) is 4.40. The standard InChI is InChI=1S/C18H27NO3S/c1-13-8-10-17(11-9-13)19-18(20)15(3)23(21,22)12-16-7-5-4-6-14(16)2/h4-7,13,15,17H,8-12H2,1-3H3,(H,19,20). The summed E-state index contributed by atoms with van der Waals surface area (Å²) >= 11 is 0. The maximum absolute atomic E-state index is 12.5. The van der Waals surface area contributed by atoms with E-state index < -0.39 is 15.1 Å². The lowest BCUT2D eigenvalue weighted by atomic mass is 9.87. The SMILES string of the molecule is Cc1ccccc1CS(=O)(=O)C(C)C(=O)NC1CCC(C)CC1. The first-order chi connectivity index (χ1) is 10.8. The van der Waals surface area contributed by atoms with Gasteiger partial charge >= 0.3 is 0 Å². The molecule has 4 nitrogen and oxygen atoms in total. The van der Waals surface area contributed by atoms with Crippen LogP contribution in [0.5, 0.6) is 0 Å². The summed E-state index contributed by atoms with van der Waals surface area (Å²) in [7, 11) is -3.51. The second kappa shape index (κ2) is 7.47. The topological polar surface area (TPSA) is 63.2 Å². The number of rotatable bonds is 5. The third kappa shape index (κ3) is 4.80. The summed E-state index contributed by atoms with van der Waals surface area (Å²) in [5.74, 6) is 0.249. The van der Waals surface area contributed by atoms with Gasteiger partial charge in [0.1, 0.15) is 5.25 Å². The number of carbonyl (C=O) groups excluding carboxylic acids is 1. The minimum Gasteiger partial charge on any atom is -0.352 e. The van der Waals surface area contributed by atoms with E-state index in [0.29, 0.717) is 5.92 Å². The van der Waals surface area contributed by atoms with Crippen LogP contribution in [0.1, 0.15) is 50.7 Å². The molecule has 1 aliphatic carbocycles. The molecule has 1 aromatic rings. The first kappa shape index (κ1) is 18.0. The molecule has 2 rings (SSSR count). The number of aryl methyl sites for hydroxylation is 1. The van der Waals surface area contributed by atoms with Gasteiger partial charge in [-0.3, -0.25) is 4.79 Å². The molecule has 0 aliphatic heterocycles. The zero-order valence-corrected chi connectivity index (χ0v) is 15.0. The Bertz CT molecular complexity index is 646. The van der Waals surface area contributed by atoms with Gasteiger partial charge in [-0.05, 0) is 56.6 Å². The summed E-state index contributed by atoms with van der Waals surface area (Å²) < 4.78 is 25.1. The van der Waals surface area contributed by atoms with E-state index in [9.17, 15) is 13.2 Å². The highest BCUT2D eigenvalue weighted by Crippen LogP contribution is 2.24. The molecule has 0 radical (unpaired) electrons. The summed E-state index contributed by atoms with van der Waals surface area (Å²) in [5, 5.41) is 1.92. The van der Waals surface area contributed by atoms with Crippen LogP contribution in [-0.4, -0.2) is 25.6 Å². The Morgan fingerprint density at radius 3 is 2.43 bits per heavy atom. The molecule has 1 amide bonds. The Kier molecular flexibility index (Phi) is 5.84. The van der Waals surface area contributed by atoms with Crippen LogP contribution >= 0.6 is 0 Å². The molecule has 1 unspecified atom stereocenters. The molecule has 1 atom stereocenters. The average molecular weight is 337 g/mol. The van der Waals surface area contributed by atoms with E-state index in [4.69, 9.17) is 0 Å². The van der Waals surface area contributed by atoms with Crippen LogP contribution in [0.2, 0.25) is 0 Å². The number of carbonyl (C=O) groups is 1. The molecule has 5 heteroatoms. The minimum absolute atomic E-state index is 0.0873. The van der Waals surface area contributed by atoms with Gasteiger partial charge < -0.3 is 5.32 Å². The number of sulfone groups is 1. The van der Waals surface area contributed by atoms with Crippen molar-refractivity contribution in [3.05, 3.63) is 35.4 Å². The Balaban J connectivity index is 1.99. The number of hydrogen-bond acceptors (Lipinski definition) is 3. The number of benzene rings is 1. The molecule has 0 saturated heterocycles. The van der Waals surface area contributed by atoms with Crippen molar-refractivity contribution in [1.82, 2.24) is 5.32 Å². The second-order valence-electron chi connectivity index (χ2n) is 6.84. The highest BCUT2D eigenvalue weighted by molar-refractivity contribution is 7.92. The van der Waals surface area contributed by atoms with Gasteiger partial charge in [0.15, 0.2) is 9.84 Å². The predicted octanol–water partition coefficient (Wildman–Crippen LogP) is 2.99. The predicted molar refractivity (Wildman–Crippen MR) is 92.8 cm³/mol. The lowest BCUT2D eigenvalue weighted by Gasteiger charge is -2.28. The van der Waals surface area contributed by atoms with Gasteiger partial charge in [0.05, 0.1) is 5.75 Å². The molecular weight excluding hydrogens is 310 g/mol. The molecule has 1 aliphatic rings. The van der Waals surface area contributed by atoms with Crippen molar-refractivity contribution in [2.45, 2.75) is 63.5 Å². The van der Waals surface area contributed by atoms with Crippen molar-refractivity contribution < 1.29 is 13.2 Å². The molecule has 1 fully saturated rings. The summed E-state index contributed by atoms with van der Waals surface area (Å²) in [6.45, 7) is 5.60. The molecule has 128 valence electrons.